The summed E-state index contributed by atoms with van der Waals surface area (Å²) in [7, 11) is 4.31. The Morgan fingerprint density at radius 1 is 0.370 bits per heavy atom. The predicted molar refractivity (Wildman–Crippen MR) is 232 cm³/mol. The van der Waals surface area contributed by atoms with Gasteiger partial charge in [0.05, 0.1) is 24.3 Å². The Morgan fingerprint density at radius 2 is 0.593 bits per heavy atom. The molecule has 0 aliphatic heterocycles. The Morgan fingerprint density at radius 3 is 0.852 bits per heavy atom. The third-order valence-electron chi connectivity index (χ3n) is 11.0. The van der Waals surface area contributed by atoms with Gasteiger partial charge in [-0.05, 0) is 77.1 Å². The molecule has 1 rings (SSSR count). The van der Waals surface area contributed by atoms with Crippen LogP contribution in [0.1, 0.15) is 227 Å². The van der Waals surface area contributed by atoms with Crippen molar-refractivity contribution in [3.8, 4) is 0 Å². The third-order valence-corrected chi connectivity index (χ3v) is 11.0. The normalized spacial score (nSPS) is 11.5. The number of hydrogen-bond acceptors (Lipinski definition) is 6. The minimum atomic E-state index is -0.341. The number of benzene rings is 1. The summed E-state index contributed by atoms with van der Waals surface area (Å²) in [6, 6.07) is 6.63. The lowest BCUT2D eigenvalue weighted by Crippen LogP contribution is -2.22. The zero-order valence-electron chi connectivity index (χ0n) is 36.3. The van der Waals surface area contributed by atoms with Crippen LogP contribution in [0.15, 0.2) is 24.3 Å². The molecule has 314 valence electrons. The predicted octanol–water partition coefficient (Wildman–Crippen LogP) is 13.6. The molecule has 0 atom stereocenters. The summed E-state index contributed by atoms with van der Waals surface area (Å²) in [6.07, 6.45) is 40.3. The van der Waals surface area contributed by atoms with Crippen LogP contribution < -0.4 is 0 Å². The van der Waals surface area contributed by atoms with E-state index in [4.69, 9.17) is 9.47 Å². The fourth-order valence-corrected chi connectivity index (χ4v) is 7.28. The average Bonchev–Trinajstić information content (AvgIpc) is 3.18. The molecule has 0 unspecified atom stereocenters. The standard InChI is InChI=1S/C48H88N2O4/c1-5-7-9-11-13-15-17-19-21-23-25-27-29-31-39-49(3)41-33-43-53-47(51)45-35-37-46(38-36-45)48(52)54-44-34-42-50(4)40-32-30-28-26-24-22-20-18-16-14-12-10-8-6-2/h35-38H,5-34,39-44H2,1-4H3. The average molecular weight is 757 g/mol. The zero-order valence-corrected chi connectivity index (χ0v) is 36.3. The van der Waals surface area contributed by atoms with Gasteiger partial charge in [0.15, 0.2) is 0 Å². The van der Waals surface area contributed by atoms with Gasteiger partial charge in [0.2, 0.25) is 0 Å². The molecular weight excluding hydrogens is 669 g/mol. The van der Waals surface area contributed by atoms with Crippen molar-refractivity contribution >= 4 is 11.9 Å². The fourth-order valence-electron chi connectivity index (χ4n) is 7.28. The first kappa shape index (κ1) is 50.1. The topological polar surface area (TPSA) is 59.1 Å². The molecule has 0 aliphatic rings. The quantitative estimate of drug-likeness (QED) is 0.0491. The van der Waals surface area contributed by atoms with Crippen molar-refractivity contribution in [1.29, 1.82) is 0 Å². The minimum Gasteiger partial charge on any atom is -0.462 e. The van der Waals surface area contributed by atoms with E-state index in [0.29, 0.717) is 24.3 Å². The molecule has 0 N–H and O–H groups in total. The van der Waals surface area contributed by atoms with Crippen molar-refractivity contribution in [1.82, 2.24) is 9.80 Å². The van der Waals surface area contributed by atoms with E-state index in [1.165, 1.54) is 180 Å². The Bertz CT molecular complexity index is 891. The molecule has 6 nitrogen and oxygen atoms in total. The van der Waals surface area contributed by atoms with Crippen LogP contribution in [0.5, 0.6) is 0 Å². The summed E-state index contributed by atoms with van der Waals surface area (Å²) in [6.45, 7) is 9.41. The fraction of sp³-hybridized carbons (Fsp3) is 0.833. The summed E-state index contributed by atoms with van der Waals surface area (Å²) in [5.74, 6) is -0.683. The number of unbranched alkanes of at least 4 members (excludes halogenated alkanes) is 26. The number of ether oxygens (including phenoxy) is 2. The van der Waals surface area contributed by atoms with Gasteiger partial charge in [-0.15, -0.1) is 0 Å². The van der Waals surface area contributed by atoms with Crippen molar-refractivity contribution in [2.75, 3.05) is 53.5 Å². The van der Waals surface area contributed by atoms with E-state index in [0.717, 1.165) is 39.0 Å². The maximum Gasteiger partial charge on any atom is 0.338 e. The smallest absolute Gasteiger partial charge is 0.338 e. The van der Waals surface area contributed by atoms with E-state index in [-0.39, 0.29) is 11.9 Å². The van der Waals surface area contributed by atoms with Crippen LogP contribution in [0.4, 0.5) is 0 Å². The maximum absolute atomic E-state index is 12.5. The number of nitrogens with zero attached hydrogens (tertiary/aromatic N) is 2. The van der Waals surface area contributed by atoms with Crippen LogP contribution in [0.3, 0.4) is 0 Å². The van der Waals surface area contributed by atoms with Gasteiger partial charge in [0, 0.05) is 13.1 Å². The van der Waals surface area contributed by atoms with Crippen molar-refractivity contribution in [2.45, 2.75) is 206 Å². The number of hydrogen-bond donors (Lipinski definition) is 0. The van der Waals surface area contributed by atoms with Crippen molar-refractivity contribution < 1.29 is 19.1 Å². The monoisotopic (exact) mass is 757 g/mol. The SMILES string of the molecule is CCCCCCCCCCCCCCCCN(C)CCCOC(=O)c1ccc(C(=O)OCCCN(C)CCCCCCCCCCCCCCCC)cc1. The molecule has 0 heterocycles. The molecule has 0 saturated carbocycles. The molecule has 0 radical (unpaired) electrons. The van der Waals surface area contributed by atoms with Gasteiger partial charge in [-0.3, -0.25) is 0 Å². The van der Waals surface area contributed by atoms with Crippen LogP contribution in [0, 0.1) is 0 Å². The summed E-state index contributed by atoms with van der Waals surface area (Å²) in [5.41, 5.74) is 0.930. The van der Waals surface area contributed by atoms with E-state index in [1.54, 1.807) is 24.3 Å². The maximum atomic E-state index is 12.5. The van der Waals surface area contributed by atoms with Gasteiger partial charge in [-0.2, -0.15) is 0 Å². The van der Waals surface area contributed by atoms with Crippen molar-refractivity contribution in [3.63, 3.8) is 0 Å². The highest BCUT2D eigenvalue weighted by Crippen LogP contribution is 2.15. The Balaban J connectivity index is 1.97. The van der Waals surface area contributed by atoms with Crippen molar-refractivity contribution in [3.05, 3.63) is 35.4 Å². The lowest BCUT2D eigenvalue weighted by Gasteiger charge is -2.16. The molecule has 0 fully saturated rings. The molecule has 1 aromatic carbocycles. The van der Waals surface area contributed by atoms with Gasteiger partial charge in [-0.1, -0.05) is 181 Å². The Hall–Kier alpha value is -1.92. The van der Waals surface area contributed by atoms with Gasteiger partial charge >= 0.3 is 11.9 Å². The lowest BCUT2D eigenvalue weighted by molar-refractivity contribution is 0.0476. The van der Waals surface area contributed by atoms with Crippen LogP contribution in [0.2, 0.25) is 0 Å². The van der Waals surface area contributed by atoms with Gasteiger partial charge in [-0.25, -0.2) is 9.59 Å². The van der Waals surface area contributed by atoms with Crippen LogP contribution in [-0.4, -0.2) is 75.2 Å². The lowest BCUT2D eigenvalue weighted by atomic mass is 10.0. The molecule has 0 aliphatic carbocycles. The second kappa shape index (κ2) is 38.0. The van der Waals surface area contributed by atoms with Gasteiger partial charge in [0.1, 0.15) is 0 Å². The van der Waals surface area contributed by atoms with E-state index in [1.807, 2.05) is 0 Å². The summed E-state index contributed by atoms with van der Waals surface area (Å²) in [4.78, 5) is 29.7. The molecule has 0 saturated heterocycles. The molecular formula is C48H88N2O4. The van der Waals surface area contributed by atoms with Gasteiger partial charge < -0.3 is 19.3 Å². The molecule has 0 amide bonds. The van der Waals surface area contributed by atoms with Gasteiger partial charge in [0.25, 0.3) is 0 Å². The highest BCUT2D eigenvalue weighted by Gasteiger charge is 2.12. The zero-order chi connectivity index (χ0) is 39.2. The van der Waals surface area contributed by atoms with E-state index >= 15 is 0 Å². The minimum absolute atomic E-state index is 0.341. The molecule has 0 bridgehead atoms. The number of carbonyl (C=O) groups excluding carboxylic acids is 2. The Labute approximate surface area is 335 Å². The number of rotatable bonds is 40. The van der Waals surface area contributed by atoms with E-state index in [9.17, 15) is 9.59 Å². The molecule has 0 aromatic heterocycles. The Kier molecular flexibility index (Phi) is 35.2. The summed E-state index contributed by atoms with van der Waals surface area (Å²) >= 11 is 0. The second-order valence-corrected chi connectivity index (χ2v) is 16.4. The first-order valence-electron chi connectivity index (χ1n) is 23.3. The molecule has 54 heavy (non-hydrogen) atoms. The molecule has 6 heteroatoms. The van der Waals surface area contributed by atoms with Crippen molar-refractivity contribution in [2.24, 2.45) is 0 Å². The summed E-state index contributed by atoms with van der Waals surface area (Å²) in [5, 5.41) is 0. The largest absolute Gasteiger partial charge is 0.462 e. The highest BCUT2D eigenvalue weighted by molar-refractivity contribution is 5.93. The molecule has 1 aromatic rings. The van der Waals surface area contributed by atoms with Crippen LogP contribution in [0.25, 0.3) is 0 Å². The first-order valence-corrected chi connectivity index (χ1v) is 23.3. The number of esters is 2. The van der Waals surface area contributed by atoms with E-state index in [2.05, 4.69) is 37.7 Å². The third kappa shape index (κ3) is 31.3. The number of carbonyl (C=O) groups is 2. The van der Waals surface area contributed by atoms with E-state index < -0.39 is 0 Å². The van der Waals surface area contributed by atoms with Crippen LogP contribution >= 0.6 is 0 Å². The molecule has 0 spiro atoms. The summed E-state index contributed by atoms with van der Waals surface area (Å²) < 4.78 is 11.0. The second-order valence-electron chi connectivity index (χ2n) is 16.4. The van der Waals surface area contributed by atoms with Crippen LogP contribution in [-0.2, 0) is 9.47 Å². The highest BCUT2D eigenvalue weighted by atomic mass is 16.5. The first-order chi connectivity index (χ1) is 26.5.